The summed E-state index contributed by atoms with van der Waals surface area (Å²) in [7, 11) is 0. The summed E-state index contributed by atoms with van der Waals surface area (Å²) in [6.07, 6.45) is 2.86. The second-order valence-electron chi connectivity index (χ2n) is 4.97. The Morgan fingerprint density at radius 2 is 2.05 bits per heavy atom. The summed E-state index contributed by atoms with van der Waals surface area (Å²) in [5.41, 5.74) is 5.77. The van der Waals surface area contributed by atoms with Crippen LogP contribution in [0.3, 0.4) is 0 Å². The molecule has 19 heavy (non-hydrogen) atoms. The van der Waals surface area contributed by atoms with Crippen molar-refractivity contribution in [2.45, 2.75) is 51.2 Å². The number of carboxylic acids is 1. The Labute approximate surface area is 113 Å². The van der Waals surface area contributed by atoms with Crippen molar-refractivity contribution in [2.24, 2.45) is 5.73 Å². The third-order valence-corrected chi connectivity index (χ3v) is 3.43. The zero-order valence-corrected chi connectivity index (χ0v) is 11.5. The maximum absolute atomic E-state index is 11.9. The molecule has 0 saturated carbocycles. The normalized spacial score (nSPS) is 18.3. The second-order valence-corrected chi connectivity index (χ2v) is 4.97. The first kappa shape index (κ1) is 15.9. The van der Waals surface area contributed by atoms with E-state index in [1.54, 1.807) is 0 Å². The first-order chi connectivity index (χ1) is 9.02. The van der Waals surface area contributed by atoms with Crippen LogP contribution in [0.15, 0.2) is 0 Å². The lowest BCUT2D eigenvalue weighted by Gasteiger charge is -2.32. The molecule has 1 fully saturated rings. The van der Waals surface area contributed by atoms with Crippen LogP contribution in [0.4, 0.5) is 0 Å². The van der Waals surface area contributed by atoms with Crippen LogP contribution < -0.4 is 5.73 Å². The molecule has 1 amide bonds. The third-order valence-electron chi connectivity index (χ3n) is 3.43. The quantitative estimate of drug-likeness (QED) is 0.708. The zero-order valence-electron chi connectivity index (χ0n) is 11.5. The highest BCUT2D eigenvalue weighted by molar-refractivity contribution is 5.76. The number of piperidine rings is 1. The summed E-state index contributed by atoms with van der Waals surface area (Å²) in [4.78, 5) is 24.1. The molecule has 1 rings (SSSR count). The number of carboxylic acid groups (broad SMARTS) is 1. The molecule has 0 aromatic rings. The van der Waals surface area contributed by atoms with Crippen molar-refractivity contribution >= 4 is 11.9 Å². The van der Waals surface area contributed by atoms with Gasteiger partial charge in [-0.2, -0.15) is 0 Å². The Balaban J connectivity index is 2.21. The van der Waals surface area contributed by atoms with E-state index in [9.17, 15) is 9.59 Å². The summed E-state index contributed by atoms with van der Waals surface area (Å²) in [6.45, 7) is 3.56. The van der Waals surface area contributed by atoms with E-state index >= 15 is 0 Å². The fourth-order valence-corrected chi connectivity index (χ4v) is 2.08. The molecule has 3 N–H and O–H groups in total. The van der Waals surface area contributed by atoms with Gasteiger partial charge in [-0.15, -0.1) is 0 Å². The molecule has 0 aromatic carbocycles. The molecule has 6 nitrogen and oxygen atoms in total. The lowest BCUT2D eigenvalue weighted by molar-refractivity contribution is -0.139. The highest BCUT2D eigenvalue weighted by Gasteiger charge is 2.23. The molecule has 0 spiro atoms. The Morgan fingerprint density at radius 3 is 2.58 bits per heavy atom. The lowest BCUT2D eigenvalue weighted by Crippen LogP contribution is -2.42. The van der Waals surface area contributed by atoms with Gasteiger partial charge in [0.2, 0.25) is 5.91 Å². The number of nitrogens with two attached hydrogens (primary N) is 1. The molecule has 1 aliphatic rings. The average molecular weight is 272 g/mol. The van der Waals surface area contributed by atoms with Gasteiger partial charge in [0, 0.05) is 25.6 Å². The van der Waals surface area contributed by atoms with Gasteiger partial charge in [-0.3, -0.25) is 9.59 Å². The SMILES string of the molecule is CCC(N)CC(=O)N1CCC(OCCC(=O)O)CC1. The topological polar surface area (TPSA) is 92.9 Å². The zero-order chi connectivity index (χ0) is 14.3. The van der Waals surface area contributed by atoms with Crippen molar-refractivity contribution in [3.05, 3.63) is 0 Å². The molecule has 110 valence electrons. The van der Waals surface area contributed by atoms with Gasteiger partial charge in [0.1, 0.15) is 0 Å². The van der Waals surface area contributed by atoms with E-state index in [0.717, 1.165) is 19.3 Å². The van der Waals surface area contributed by atoms with Gasteiger partial charge in [0.15, 0.2) is 0 Å². The molecule has 0 radical (unpaired) electrons. The van der Waals surface area contributed by atoms with Gasteiger partial charge >= 0.3 is 5.97 Å². The Bertz CT molecular complexity index is 301. The molecule has 1 atom stereocenters. The van der Waals surface area contributed by atoms with E-state index in [1.807, 2.05) is 11.8 Å². The molecular weight excluding hydrogens is 248 g/mol. The largest absolute Gasteiger partial charge is 0.481 e. The summed E-state index contributed by atoms with van der Waals surface area (Å²) >= 11 is 0. The van der Waals surface area contributed by atoms with Crippen molar-refractivity contribution < 1.29 is 19.4 Å². The van der Waals surface area contributed by atoms with E-state index in [0.29, 0.717) is 19.5 Å². The molecule has 1 unspecified atom stereocenters. The molecule has 0 aliphatic carbocycles. The number of carbonyl (C=O) groups excluding carboxylic acids is 1. The molecule has 0 bridgehead atoms. The van der Waals surface area contributed by atoms with Crippen LogP contribution in [0.5, 0.6) is 0 Å². The first-order valence-electron chi connectivity index (χ1n) is 6.89. The number of likely N-dealkylation sites (tertiary alicyclic amines) is 1. The number of hydrogen-bond acceptors (Lipinski definition) is 4. The van der Waals surface area contributed by atoms with E-state index in [4.69, 9.17) is 15.6 Å². The standard InChI is InChI=1S/C13H24N2O4/c1-2-10(14)9-12(16)15-6-3-11(4-7-15)19-8-5-13(17)18/h10-11H,2-9,14H2,1H3,(H,17,18). The molecule has 1 heterocycles. The number of aliphatic carboxylic acids is 1. The molecule has 1 aliphatic heterocycles. The van der Waals surface area contributed by atoms with Gasteiger partial charge in [0.25, 0.3) is 0 Å². The molecular formula is C13H24N2O4. The number of nitrogens with zero attached hydrogens (tertiary/aromatic N) is 1. The minimum Gasteiger partial charge on any atom is -0.481 e. The predicted molar refractivity (Wildman–Crippen MR) is 70.7 cm³/mol. The van der Waals surface area contributed by atoms with Gasteiger partial charge < -0.3 is 20.5 Å². The summed E-state index contributed by atoms with van der Waals surface area (Å²) in [5.74, 6) is -0.737. The summed E-state index contributed by atoms with van der Waals surface area (Å²) in [6, 6.07) is -0.0583. The van der Waals surface area contributed by atoms with Crippen LogP contribution in [-0.4, -0.2) is 53.7 Å². The Hall–Kier alpha value is -1.14. The van der Waals surface area contributed by atoms with Crippen LogP contribution in [0.1, 0.15) is 39.0 Å². The summed E-state index contributed by atoms with van der Waals surface area (Å²) < 4.78 is 5.48. The van der Waals surface area contributed by atoms with Crippen LogP contribution in [0.25, 0.3) is 0 Å². The van der Waals surface area contributed by atoms with Crippen molar-refractivity contribution in [3.63, 3.8) is 0 Å². The van der Waals surface area contributed by atoms with E-state index in [2.05, 4.69) is 0 Å². The van der Waals surface area contributed by atoms with E-state index < -0.39 is 5.97 Å². The Kier molecular flexibility index (Phi) is 6.80. The van der Waals surface area contributed by atoms with E-state index in [-0.39, 0.29) is 31.1 Å². The Morgan fingerprint density at radius 1 is 1.42 bits per heavy atom. The number of hydrogen-bond donors (Lipinski definition) is 2. The molecule has 6 heteroatoms. The van der Waals surface area contributed by atoms with Gasteiger partial charge in [-0.05, 0) is 19.3 Å². The monoisotopic (exact) mass is 272 g/mol. The minimum atomic E-state index is -0.846. The number of rotatable bonds is 7. The first-order valence-corrected chi connectivity index (χ1v) is 6.89. The number of ether oxygens (including phenoxy) is 1. The minimum absolute atomic E-state index is 0.0322. The van der Waals surface area contributed by atoms with Crippen molar-refractivity contribution in [1.29, 1.82) is 0 Å². The number of amides is 1. The van der Waals surface area contributed by atoms with Crippen LogP contribution in [0, 0.1) is 0 Å². The second kappa shape index (κ2) is 8.12. The van der Waals surface area contributed by atoms with Crippen molar-refractivity contribution in [3.8, 4) is 0 Å². The van der Waals surface area contributed by atoms with Crippen molar-refractivity contribution in [1.82, 2.24) is 4.90 Å². The maximum Gasteiger partial charge on any atom is 0.305 e. The molecule has 0 aromatic heterocycles. The van der Waals surface area contributed by atoms with Gasteiger partial charge in [-0.25, -0.2) is 0 Å². The van der Waals surface area contributed by atoms with Crippen LogP contribution >= 0.6 is 0 Å². The average Bonchev–Trinajstić information content (AvgIpc) is 2.38. The van der Waals surface area contributed by atoms with Crippen molar-refractivity contribution in [2.75, 3.05) is 19.7 Å². The van der Waals surface area contributed by atoms with Crippen LogP contribution in [-0.2, 0) is 14.3 Å². The lowest BCUT2D eigenvalue weighted by atomic mass is 10.1. The maximum atomic E-state index is 11.9. The third kappa shape index (κ3) is 6.02. The van der Waals surface area contributed by atoms with Gasteiger partial charge in [0.05, 0.1) is 19.1 Å². The highest BCUT2D eigenvalue weighted by Crippen LogP contribution is 2.15. The fourth-order valence-electron chi connectivity index (χ4n) is 2.08. The number of carbonyl (C=O) groups is 2. The van der Waals surface area contributed by atoms with Gasteiger partial charge in [-0.1, -0.05) is 6.92 Å². The fraction of sp³-hybridized carbons (Fsp3) is 0.846. The van der Waals surface area contributed by atoms with Crippen LogP contribution in [0.2, 0.25) is 0 Å². The smallest absolute Gasteiger partial charge is 0.305 e. The summed E-state index contributed by atoms with van der Waals surface area (Å²) in [5, 5.41) is 8.52. The highest BCUT2D eigenvalue weighted by atomic mass is 16.5. The predicted octanol–water partition coefficient (Wildman–Crippen LogP) is 0.596. The molecule has 1 saturated heterocycles. The van der Waals surface area contributed by atoms with E-state index in [1.165, 1.54) is 0 Å².